The molecule has 2 aromatic rings. The van der Waals surface area contributed by atoms with E-state index in [-0.39, 0.29) is 6.04 Å². The first-order valence-corrected chi connectivity index (χ1v) is 9.20. The molecule has 0 saturated carbocycles. The van der Waals surface area contributed by atoms with Crippen LogP contribution in [-0.4, -0.2) is 16.8 Å². The molecule has 0 radical (unpaired) electrons. The van der Waals surface area contributed by atoms with Gasteiger partial charge in [0.15, 0.2) is 0 Å². The van der Waals surface area contributed by atoms with Crippen molar-refractivity contribution in [3.8, 4) is 0 Å². The molecule has 0 aliphatic carbocycles. The van der Waals surface area contributed by atoms with Crippen molar-refractivity contribution in [2.45, 2.75) is 26.3 Å². The smallest absolute Gasteiger partial charge is 0.0996 e. The van der Waals surface area contributed by atoms with Crippen LogP contribution in [0, 0.1) is 13.8 Å². The van der Waals surface area contributed by atoms with E-state index in [1.165, 1.54) is 11.1 Å². The average Bonchev–Trinajstić information content (AvgIpc) is 2.93. The third-order valence-electron chi connectivity index (χ3n) is 4.05. The topological polar surface area (TPSA) is 38.4 Å². The monoisotopic (exact) mass is 364 g/mol. The van der Waals surface area contributed by atoms with E-state index >= 15 is 0 Å². The Morgan fingerprint density at radius 2 is 1.96 bits per heavy atom. The third kappa shape index (κ3) is 3.68. The van der Waals surface area contributed by atoms with E-state index in [4.69, 9.17) is 33.9 Å². The number of nitrogen functional groups attached to an aromatic ring is 1. The second kappa shape index (κ2) is 6.76. The summed E-state index contributed by atoms with van der Waals surface area (Å²) >= 11 is 14.0. The first kappa shape index (κ1) is 16.7. The van der Waals surface area contributed by atoms with Crippen molar-refractivity contribution >= 4 is 45.7 Å². The van der Waals surface area contributed by atoms with Crippen LogP contribution in [0.5, 0.6) is 0 Å². The lowest BCUT2D eigenvalue weighted by Gasteiger charge is -2.12. The van der Waals surface area contributed by atoms with E-state index in [2.05, 4.69) is 13.0 Å². The molecule has 1 unspecified atom stereocenters. The molecule has 0 fully saturated rings. The lowest BCUT2D eigenvalue weighted by molar-refractivity contribution is 0.758. The van der Waals surface area contributed by atoms with Crippen LogP contribution in [0.2, 0.25) is 10.0 Å². The van der Waals surface area contributed by atoms with Crippen LogP contribution < -0.4 is 5.73 Å². The Hall–Kier alpha value is -1.16. The van der Waals surface area contributed by atoms with Gasteiger partial charge < -0.3 is 5.73 Å². The maximum absolute atomic E-state index is 6.29. The van der Waals surface area contributed by atoms with Gasteiger partial charge in [-0.3, -0.25) is 4.99 Å². The quantitative estimate of drug-likeness (QED) is 0.750. The standard InChI is InChI=1S/C18H18Cl2N2S/c1-10-6-17(21)11(2)5-12(10)7-14-9-23-18(22-14)15-4-3-13(19)8-16(15)20/h3-6,8,14H,7,9,21H2,1-2H3. The number of anilines is 1. The number of hydrogen-bond donors (Lipinski definition) is 1. The first-order valence-electron chi connectivity index (χ1n) is 7.45. The number of aryl methyl sites for hydroxylation is 2. The number of nitrogens with zero attached hydrogens (tertiary/aromatic N) is 1. The van der Waals surface area contributed by atoms with E-state index in [0.717, 1.165) is 34.0 Å². The zero-order valence-electron chi connectivity index (χ0n) is 13.1. The van der Waals surface area contributed by atoms with Crippen molar-refractivity contribution in [3.63, 3.8) is 0 Å². The van der Waals surface area contributed by atoms with E-state index in [1.807, 2.05) is 25.1 Å². The van der Waals surface area contributed by atoms with E-state index in [1.54, 1.807) is 17.8 Å². The van der Waals surface area contributed by atoms with Crippen LogP contribution in [-0.2, 0) is 6.42 Å². The zero-order valence-corrected chi connectivity index (χ0v) is 15.4. The summed E-state index contributed by atoms with van der Waals surface area (Å²) in [5.74, 6) is 0.969. The number of halogens is 2. The number of hydrogen-bond acceptors (Lipinski definition) is 3. The fourth-order valence-electron chi connectivity index (χ4n) is 2.70. The predicted octanol–water partition coefficient (Wildman–Crippen LogP) is 5.30. The lowest BCUT2D eigenvalue weighted by atomic mass is 9.98. The van der Waals surface area contributed by atoms with Gasteiger partial charge in [0.2, 0.25) is 0 Å². The Balaban J connectivity index is 1.81. The van der Waals surface area contributed by atoms with Crippen molar-refractivity contribution in [1.29, 1.82) is 0 Å². The molecule has 5 heteroatoms. The van der Waals surface area contributed by atoms with Gasteiger partial charge in [0.1, 0.15) is 0 Å². The summed E-state index contributed by atoms with van der Waals surface area (Å²) in [6.45, 7) is 4.15. The van der Waals surface area contributed by atoms with E-state index in [0.29, 0.717) is 10.0 Å². The van der Waals surface area contributed by atoms with Gasteiger partial charge in [-0.05, 0) is 61.2 Å². The molecular formula is C18H18Cl2N2S. The highest BCUT2D eigenvalue weighted by Gasteiger charge is 2.22. The highest BCUT2D eigenvalue weighted by molar-refractivity contribution is 8.14. The fraction of sp³-hybridized carbons (Fsp3) is 0.278. The third-order valence-corrected chi connectivity index (χ3v) is 5.75. The van der Waals surface area contributed by atoms with Crippen LogP contribution in [0.4, 0.5) is 5.69 Å². The SMILES string of the molecule is Cc1cc(CC2CSC(c3ccc(Cl)cc3Cl)=N2)c(C)cc1N. The number of aliphatic imine (C=N–C) groups is 1. The summed E-state index contributed by atoms with van der Waals surface area (Å²) in [5.41, 5.74) is 11.5. The maximum Gasteiger partial charge on any atom is 0.0996 e. The number of thioether (sulfide) groups is 1. The Morgan fingerprint density at radius 3 is 2.70 bits per heavy atom. The summed E-state index contributed by atoms with van der Waals surface area (Å²) in [7, 11) is 0. The van der Waals surface area contributed by atoms with Gasteiger partial charge in [-0.1, -0.05) is 29.3 Å². The molecule has 2 nitrogen and oxygen atoms in total. The minimum atomic E-state index is 0.267. The van der Waals surface area contributed by atoms with Crippen LogP contribution >= 0.6 is 35.0 Å². The molecular weight excluding hydrogens is 347 g/mol. The van der Waals surface area contributed by atoms with E-state index < -0.39 is 0 Å². The van der Waals surface area contributed by atoms with Crippen LogP contribution in [0.15, 0.2) is 35.3 Å². The molecule has 0 aromatic heterocycles. The molecule has 1 atom stereocenters. The minimum absolute atomic E-state index is 0.267. The van der Waals surface area contributed by atoms with Gasteiger partial charge in [-0.2, -0.15) is 0 Å². The van der Waals surface area contributed by atoms with Crippen molar-refractivity contribution in [1.82, 2.24) is 0 Å². The molecule has 1 aliphatic heterocycles. The van der Waals surface area contributed by atoms with Crippen molar-refractivity contribution in [3.05, 3.63) is 62.6 Å². The molecule has 2 aromatic carbocycles. The van der Waals surface area contributed by atoms with Crippen molar-refractivity contribution < 1.29 is 0 Å². The van der Waals surface area contributed by atoms with Gasteiger partial charge in [0, 0.05) is 22.0 Å². The lowest BCUT2D eigenvalue weighted by Crippen LogP contribution is -2.09. The molecule has 0 bridgehead atoms. The molecule has 0 saturated heterocycles. The normalized spacial score (nSPS) is 17.4. The Labute approximate surface area is 151 Å². The second-order valence-electron chi connectivity index (χ2n) is 5.86. The molecule has 23 heavy (non-hydrogen) atoms. The van der Waals surface area contributed by atoms with Crippen molar-refractivity contribution in [2.75, 3.05) is 11.5 Å². The second-order valence-corrected chi connectivity index (χ2v) is 7.71. The van der Waals surface area contributed by atoms with Gasteiger partial charge in [0.25, 0.3) is 0 Å². The predicted molar refractivity (Wildman–Crippen MR) is 103 cm³/mol. The average molecular weight is 365 g/mol. The van der Waals surface area contributed by atoms with Gasteiger partial charge in [-0.25, -0.2) is 0 Å². The Morgan fingerprint density at radius 1 is 1.17 bits per heavy atom. The summed E-state index contributed by atoms with van der Waals surface area (Å²) in [5, 5.41) is 2.30. The van der Waals surface area contributed by atoms with Crippen LogP contribution in [0.1, 0.15) is 22.3 Å². The molecule has 2 N–H and O–H groups in total. The molecule has 1 heterocycles. The molecule has 3 rings (SSSR count). The van der Waals surface area contributed by atoms with Gasteiger partial charge in [0.05, 0.1) is 16.1 Å². The number of nitrogens with two attached hydrogens (primary N) is 1. The van der Waals surface area contributed by atoms with Gasteiger partial charge >= 0.3 is 0 Å². The zero-order chi connectivity index (χ0) is 16.6. The highest BCUT2D eigenvalue weighted by Crippen LogP contribution is 2.31. The maximum atomic E-state index is 6.29. The molecule has 120 valence electrons. The first-order chi connectivity index (χ1) is 10.9. The fourth-order valence-corrected chi connectivity index (χ4v) is 4.36. The highest BCUT2D eigenvalue weighted by atomic mass is 35.5. The summed E-state index contributed by atoms with van der Waals surface area (Å²) in [4.78, 5) is 4.86. The molecule has 0 spiro atoms. The number of rotatable bonds is 3. The van der Waals surface area contributed by atoms with Crippen LogP contribution in [0.25, 0.3) is 0 Å². The van der Waals surface area contributed by atoms with E-state index in [9.17, 15) is 0 Å². The largest absolute Gasteiger partial charge is 0.399 e. The minimum Gasteiger partial charge on any atom is -0.399 e. The summed E-state index contributed by atoms with van der Waals surface area (Å²) in [6, 6.07) is 10.1. The van der Waals surface area contributed by atoms with Crippen molar-refractivity contribution in [2.24, 2.45) is 4.99 Å². The summed E-state index contributed by atoms with van der Waals surface area (Å²) in [6.07, 6.45) is 0.925. The molecule has 1 aliphatic rings. The Kier molecular flexibility index (Phi) is 4.90. The Bertz CT molecular complexity index is 787. The van der Waals surface area contributed by atoms with Gasteiger partial charge in [-0.15, -0.1) is 11.8 Å². The van der Waals surface area contributed by atoms with Crippen LogP contribution in [0.3, 0.4) is 0 Å². The summed E-state index contributed by atoms with van der Waals surface area (Å²) < 4.78 is 0. The number of benzene rings is 2. The molecule has 0 amide bonds.